The van der Waals surface area contributed by atoms with Crippen molar-refractivity contribution in [2.24, 2.45) is 23.7 Å². The Labute approximate surface area is 116 Å². The van der Waals surface area contributed by atoms with Crippen LogP contribution in [-0.2, 0) is 9.59 Å². The van der Waals surface area contributed by atoms with Crippen molar-refractivity contribution in [3.63, 3.8) is 0 Å². The fraction of sp³-hybridized carbons (Fsp3) is 0.467. The zero-order valence-electron chi connectivity index (χ0n) is 10.9. The minimum absolute atomic E-state index is 0.126. The molecule has 5 heteroatoms. The lowest BCUT2D eigenvalue weighted by Crippen LogP contribution is -2.37. The van der Waals surface area contributed by atoms with Crippen LogP contribution in [0.15, 0.2) is 24.3 Å². The highest BCUT2D eigenvalue weighted by Crippen LogP contribution is 2.52. The summed E-state index contributed by atoms with van der Waals surface area (Å²) in [6, 6.07) is 5.50. The van der Waals surface area contributed by atoms with Crippen molar-refractivity contribution in [3.8, 4) is 0 Å². The molecular formula is C15H16FNO3. The largest absolute Gasteiger partial charge is 0.481 e. The predicted molar refractivity (Wildman–Crippen MR) is 70.5 cm³/mol. The summed E-state index contributed by atoms with van der Waals surface area (Å²) in [7, 11) is 0. The van der Waals surface area contributed by atoms with Crippen LogP contribution in [0.5, 0.6) is 0 Å². The van der Waals surface area contributed by atoms with Crippen LogP contribution in [0.4, 0.5) is 10.1 Å². The van der Waals surface area contributed by atoms with Crippen LogP contribution in [0.3, 0.4) is 0 Å². The van der Waals surface area contributed by atoms with Gasteiger partial charge in [-0.3, -0.25) is 9.59 Å². The highest BCUT2D eigenvalue weighted by molar-refractivity contribution is 5.95. The first-order valence-corrected chi connectivity index (χ1v) is 6.85. The Morgan fingerprint density at radius 3 is 2.30 bits per heavy atom. The number of carboxylic acid groups (broad SMARTS) is 1. The van der Waals surface area contributed by atoms with Gasteiger partial charge >= 0.3 is 5.97 Å². The number of rotatable bonds is 3. The summed E-state index contributed by atoms with van der Waals surface area (Å²) in [6.45, 7) is 0. The van der Waals surface area contributed by atoms with Crippen LogP contribution in [0.2, 0.25) is 0 Å². The number of halogens is 1. The zero-order chi connectivity index (χ0) is 14.3. The number of hydrogen-bond acceptors (Lipinski definition) is 2. The molecule has 2 aliphatic rings. The lowest BCUT2D eigenvalue weighted by molar-refractivity contribution is -0.148. The second-order valence-corrected chi connectivity index (χ2v) is 5.72. The highest BCUT2D eigenvalue weighted by Gasteiger charge is 2.53. The molecule has 2 saturated carbocycles. The van der Waals surface area contributed by atoms with Gasteiger partial charge < -0.3 is 10.4 Å². The van der Waals surface area contributed by atoms with E-state index < -0.39 is 17.8 Å². The third-order valence-corrected chi connectivity index (χ3v) is 4.62. The SMILES string of the molecule is O=C(O)[C@H]1[C@@H]2CC[C@@H](C2)[C@@H]1C(=O)Nc1ccc(F)cc1. The molecule has 0 aliphatic heterocycles. The first-order valence-electron chi connectivity index (χ1n) is 6.85. The molecule has 1 amide bonds. The van der Waals surface area contributed by atoms with E-state index in [0.29, 0.717) is 5.69 Å². The van der Waals surface area contributed by atoms with E-state index in [-0.39, 0.29) is 23.6 Å². The summed E-state index contributed by atoms with van der Waals surface area (Å²) in [5, 5.41) is 12.0. The van der Waals surface area contributed by atoms with Gasteiger partial charge in [0.05, 0.1) is 11.8 Å². The molecule has 1 aromatic rings. The Hall–Kier alpha value is -1.91. The average molecular weight is 277 g/mol. The van der Waals surface area contributed by atoms with Gasteiger partial charge in [0.2, 0.25) is 5.91 Å². The molecule has 0 spiro atoms. The molecule has 0 radical (unpaired) electrons. The number of carbonyl (C=O) groups is 2. The monoisotopic (exact) mass is 277 g/mol. The molecule has 1 aromatic carbocycles. The van der Waals surface area contributed by atoms with E-state index in [1.54, 1.807) is 0 Å². The van der Waals surface area contributed by atoms with Gasteiger partial charge in [-0.2, -0.15) is 0 Å². The minimum Gasteiger partial charge on any atom is -0.481 e. The fourth-order valence-electron chi connectivity index (χ4n) is 3.78. The van der Waals surface area contributed by atoms with Crippen molar-refractivity contribution in [1.82, 2.24) is 0 Å². The van der Waals surface area contributed by atoms with Crippen LogP contribution < -0.4 is 5.32 Å². The smallest absolute Gasteiger partial charge is 0.307 e. The third kappa shape index (κ3) is 2.17. The molecule has 106 valence electrons. The molecule has 0 aromatic heterocycles. The summed E-state index contributed by atoms with van der Waals surface area (Å²) in [5.41, 5.74) is 0.503. The van der Waals surface area contributed by atoms with Crippen molar-refractivity contribution < 1.29 is 19.1 Å². The first kappa shape index (κ1) is 13.1. The number of nitrogens with one attached hydrogen (secondary N) is 1. The molecule has 0 unspecified atom stereocenters. The molecule has 0 saturated heterocycles. The molecule has 4 atom stereocenters. The summed E-state index contributed by atoms with van der Waals surface area (Å²) in [5.74, 6) is -2.24. The summed E-state index contributed by atoms with van der Waals surface area (Å²) in [4.78, 5) is 23.7. The molecular weight excluding hydrogens is 261 g/mol. The van der Waals surface area contributed by atoms with Crippen LogP contribution in [0.25, 0.3) is 0 Å². The number of aliphatic carboxylic acids is 1. The lowest BCUT2D eigenvalue weighted by atomic mass is 9.78. The lowest BCUT2D eigenvalue weighted by Gasteiger charge is -2.27. The topological polar surface area (TPSA) is 66.4 Å². The number of hydrogen-bond donors (Lipinski definition) is 2. The van der Waals surface area contributed by atoms with Gasteiger partial charge in [0.1, 0.15) is 5.82 Å². The van der Waals surface area contributed by atoms with Crippen molar-refractivity contribution in [3.05, 3.63) is 30.1 Å². The van der Waals surface area contributed by atoms with Crippen molar-refractivity contribution >= 4 is 17.6 Å². The Morgan fingerprint density at radius 2 is 1.70 bits per heavy atom. The van der Waals surface area contributed by atoms with E-state index in [2.05, 4.69) is 5.32 Å². The number of carboxylic acids is 1. The van der Waals surface area contributed by atoms with Gasteiger partial charge in [-0.25, -0.2) is 4.39 Å². The molecule has 0 heterocycles. The number of carbonyl (C=O) groups excluding carboxylic acids is 1. The number of fused-ring (bicyclic) bond motifs is 2. The van der Waals surface area contributed by atoms with E-state index >= 15 is 0 Å². The number of benzene rings is 1. The molecule has 4 nitrogen and oxygen atoms in total. The summed E-state index contributed by atoms with van der Waals surface area (Å²) < 4.78 is 12.8. The van der Waals surface area contributed by atoms with E-state index in [9.17, 15) is 19.1 Å². The predicted octanol–water partition coefficient (Wildman–Crippen LogP) is 2.51. The summed E-state index contributed by atoms with van der Waals surface area (Å²) >= 11 is 0. The van der Waals surface area contributed by atoms with Crippen LogP contribution >= 0.6 is 0 Å². The zero-order valence-corrected chi connectivity index (χ0v) is 10.9. The Kier molecular flexibility index (Phi) is 3.20. The normalized spacial score (nSPS) is 31.2. The average Bonchev–Trinajstić information content (AvgIpc) is 3.01. The van der Waals surface area contributed by atoms with Gasteiger partial charge in [-0.05, 0) is 55.4 Å². The van der Waals surface area contributed by atoms with Gasteiger partial charge in [-0.1, -0.05) is 0 Å². The molecule has 2 fully saturated rings. The Balaban J connectivity index is 1.76. The second kappa shape index (κ2) is 4.89. The maximum Gasteiger partial charge on any atom is 0.307 e. The molecule has 3 rings (SSSR count). The van der Waals surface area contributed by atoms with Crippen LogP contribution in [-0.4, -0.2) is 17.0 Å². The first-order chi connectivity index (χ1) is 9.56. The van der Waals surface area contributed by atoms with E-state index in [0.717, 1.165) is 19.3 Å². The van der Waals surface area contributed by atoms with Gasteiger partial charge in [0.15, 0.2) is 0 Å². The van der Waals surface area contributed by atoms with Gasteiger partial charge in [0, 0.05) is 5.69 Å². The van der Waals surface area contributed by atoms with Crippen molar-refractivity contribution in [1.29, 1.82) is 0 Å². The Bertz CT molecular complexity index is 543. The van der Waals surface area contributed by atoms with Crippen molar-refractivity contribution in [2.75, 3.05) is 5.32 Å². The van der Waals surface area contributed by atoms with E-state index in [1.165, 1.54) is 24.3 Å². The number of amides is 1. The van der Waals surface area contributed by atoms with E-state index in [4.69, 9.17) is 0 Å². The number of anilines is 1. The molecule has 20 heavy (non-hydrogen) atoms. The van der Waals surface area contributed by atoms with E-state index in [1.807, 2.05) is 0 Å². The fourth-order valence-corrected chi connectivity index (χ4v) is 3.78. The van der Waals surface area contributed by atoms with Crippen LogP contribution in [0.1, 0.15) is 19.3 Å². The molecule has 2 aliphatic carbocycles. The molecule has 2 N–H and O–H groups in total. The third-order valence-electron chi connectivity index (χ3n) is 4.62. The second-order valence-electron chi connectivity index (χ2n) is 5.72. The maximum absolute atomic E-state index is 12.8. The van der Waals surface area contributed by atoms with Gasteiger partial charge in [-0.15, -0.1) is 0 Å². The standard InChI is InChI=1S/C15H16FNO3/c16-10-3-5-11(6-4-10)17-14(18)12-8-1-2-9(7-8)13(12)15(19)20/h3-6,8-9,12-13H,1-2,7H2,(H,17,18)(H,19,20)/t8-,9+,12-,13-/m0/s1. The summed E-state index contributed by atoms with van der Waals surface area (Å²) in [6.07, 6.45) is 2.66. The molecule has 2 bridgehead atoms. The van der Waals surface area contributed by atoms with Gasteiger partial charge in [0.25, 0.3) is 0 Å². The Morgan fingerprint density at radius 1 is 1.10 bits per heavy atom. The quantitative estimate of drug-likeness (QED) is 0.892. The van der Waals surface area contributed by atoms with Crippen LogP contribution in [0, 0.1) is 29.5 Å². The minimum atomic E-state index is -0.878. The highest BCUT2D eigenvalue weighted by atomic mass is 19.1. The maximum atomic E-state index is 12.8. The van der Waals surface area contributed by atoms with Crippen molar-refractivity contribution in [2.45, 2.75) is 19.3 Å².